The van der Waals surface area contributed by atoms with Crippen LogP contribution in [0.2, 0.25) is 0 Å². The third-order valence-electron chi connectivity index (χ3n) is 3.02. The van der Waals surface area contributed by atoms with Gasteiger partial charge in [-0.2, -0.15) is 0 Å². The van der Waals surface area contributed by atoms with Crippen molar-refractivity contribution in [1.82, 2.24) is 4.90 Å². The highest BCUT2D eigenvalue weighted by molar-refractivity contribution is 8.15. The molecule has 0 radical (unpaired) electrons. The molecule has 1 atom stereocenters. The number of methoxy groups -OCH3 is 1. The van der Waals surface area contributed by atoms with Crippen molar-refractivity contribution in [2.75, 3.05) is 13.7 Å². The molecule has 1 fully saturated rings. The number of carbonyl (C=O) groups excluding carboxylic acids is 2. The van der Waals surface area contributed by atoms with Gasteiger partial charge in [0.2, 0.25) is 5.91 Å². The molecule has 1 amide bonds. The first kappa shape index (κ1) is 15.4. The van der Waals surface area contributed by atoms with Gasteiger partial charge in [0.05, 0.1) is 24.0 Å². The number of carboxylic acids is 1. The number of benzene rings is 1. The Hall–Kier alpha value is -2.02. The molecule has 0 spiro atoms. The predicted octanol–water partition coefficient (Wildman–Crippen LogP) is 0.787. The number of aliphatic carboxylic acids is 1. The predicted molar refractivity (Wildman–Crippen MR) is 78.5 cm³/mol. The average molecular weight is 307 g/mol. The lowest BCUT2D eigenvalue weighted by molar-refractivity contribution is -0.304. The number of hydrogen-bond donors (Lipinski definition) is 0. The molecule has 2 rings (SSSR count). The van der Waals surface area contributed by atoms with Crippen LogP contribution >= 0.6 is 11.8 Å². The molecule has 21 heavy (non-hydrogen) atoms. The summed E-state index contributed by atoms with van der Waals surface area (Å²) in [6, 6.07) is 6.99. The first-order chi connectivity index (χ1) is 10.0. The van der Waals surface area contributed by atoms with Gasteiger partial charge in [-0.15, -0.1) is 0 Å². The number of aliphatic imine (C=N–C) groups is 1. The van der Waals surface area contributed by atoms with E-state index in [0.717, 1.165) is 11.8 Å². The SMILES string of the molecule is CCN1C(=O)C[C@@H](C(=O)[O-])SC1=Nc1ccc(OC)cc1. The molecule has 1 aliphatic heterocycles. The van der Waals surface area contributed by atoms with Crippen LogP contribution in [0.1, 0.15) is 13.3 Å². The topological polar surface area (TPSA) is 82.0 Å². The molecule has 0 unspecified atom stereocenters. The van der Waals surface area contributed by atoms with Gasteiger partial charge in [-0.1, -0.05) is 11.8 Å². The van der Waals surface area contributed by atoms with Crippen LogP contribution in [0.5, 0.6) is 5.75 Å². The van der Waals surface area contributed by atoms with Gasteiger partial charge in [-0.05, 0) is 31.2 Å². The zero-order valence-corrected chi connectivity index (χ0v) is 12.6. The van der Waals surface area contributed by atoms with Gasteiger partial charge in [0.15, 0.2) is 5.17 Å². The number of nitrogens with zero attached hydrogens (tertiary/aromatic N) is 2. The number of carbonyl (C=O) groups is 2. The maximum absolute atomic E-state index is 12.0. The minimum Gasteiger partial charge on any atom is -0.549 e. The first-order valence-electron chi connectivity index (χ1n) is 6.45. The minimum absolute atomic E-state index is 0.0670. The average Bonchev–Trinajstić information content (AvgIpc) is 2.47. The molecule has 0 saturated carbocycles. The van der Waals surface area contributed by atoms with E-state index in [2.05, 4.69) is 4.99 Å². The summed E-state index contributed by atoms with van der Waals surface area (Å²) in [6.07, 6.45) is -0.0670. The van der Waals surface area contributed by atoms with Crippen molar-refractivity contribution in [1.29, 1.82) is 0 Å². The van der Waals surface area contributed by atoms with Crippen molar-refractivity contribution in [3.8, 4) is 5.75 Å². The van der Waals surface area contributed by atoms with E-state index in [1.54, 1.807) is 31.4 Å². The Morgan fingerprint density at radius 2 is 2.14 bits per heavy atom. The highest BCUT2D eigenvalue weighted by atomic mass is 32.2. The van der Waals surface area contributed by atoms with Crippen molar-refractivity contribution in [2.24, 2.45) is 4.99 Å². The van der Waals surface area contributed by atoms with E-state index in [1.165, 1.54) is 4.90 Å². The number of amidine groups is 1. The summed E-state index contributed by atoms with van der Waals surface area (Å²) in [6.45, 7) is 2.27. The van der Waals surface area contributed by atoms with E-state index in [1.807, 2.05) is 6.92 Å². The van der Waals surface area contributed by atoms with E-state index < -0.39 is 11.2 Å². The molecule has 1 aromatic rings. The summed E-state index contributed by atoms with van der Waals surface area (Å²) in [5.41, 5.74) is 0.628. The molecular formula is C14H15N2O4S-. The standard InChI is InChI=1S/C14H16N2O4S/c1-3-16-12(17)8-11(13(18)19)21-14(16)15-9-4-6-10(20-2)7-5-9/h4-7,11H,3,8H2,1-2H3,(H,18,19)/p-1/t11-/m0/s1. The zero-order valence-electron chi connectivity index (χ0n) is 11.7. The van der Waals surface area contributed by atoms with Crippen LogP contribution in [0.3, 0.4) is 0 Å². The molecular weight excluding hydrogens is 292 g/mol. The second kappa shape index (κ2) is 6.62. The Kier molecular flexibility index (Phi) is 4.85. The molecule has 6 nitrogen and oxygen atoms in total. The lowest BCUT2D eigenvalue weighted by Gasteiger charge is -2.31. The molecule has 1 heterocycles. The van der Waals surface area contributed by atoms with Gasteiger partial charge in [0.1, 0.15) is 5.75 Å². The zero-order chi connectivity index (χ0) is 15.4. The van der Waals surface area contributed by atoms with Gasteiger partial charge in [0, 0.05) is 13.0 Å². The van der Waals surface area contributed by atoms with Crippen LogP contribution in [0, 0.1) is 0 Å². The lowest BCUT2D eigenvalue weighted by atomic mass is 10.2. The number of hydrogen-bond acceptors (Lipinski definition) is 6. The Balaban J connectivity index is 2.29. The summed E-state index contributed by atoms with van der Waals surface area (Å²) in [7, 11) is 1.57. The monoisotopic (exact) mass is 307 g/mol. The highest BCUT2D eigenvalue weighted by Crippen LogP contribution is 2.29. The van der Waals surface area contributed by atoms with Crippen molar-refractivity contribution in [3.63, 3.8) is 0 Å². The molecule has 0 aliphatic carbocycles. The largest absolute Gasteiger partial charge is 0.549 e. The molecule has 1 aromatic carbocycles. The maximum Gasteiger partial charge on any atom is 0.230 e. The summed E-state index contributed by atoms with van der Waals surface area (Å²) in [5, 5.41) is 10.5. The van der Waals surface area contributed by atoms with Crippen molar-refractivity contribution in [2.45, 2.75) is 18.6 Å². The highest BCUT2D eigenvalue weighted by Gasteiger charge is 2.31. The summed E-state index contributed by atoms with van der Waals surface area (Å²) >= 11 is 1.04. The van der Waals surface area contributed by atoms with Gasteiger partial charge in [-0.3, -0.25) is 9.69 Å². The third-order valence-corrected chi connectivity index (χ3v) is 4.18. The molecule has 0 bridgehead atoms. The molecule has 112 valence electrons. The number of amides is 1. The quantitative estimate of drug-likeness (QED) is 0.821. The summed E-state index contributed by atoms with van der Waals surface area (Å²) < 4.78 is 5.06. The van der Waals surface area contributed by atoms with Crippen molar-refractivity contribution >= 4 is 34.5 Å². The lowest BCUT2D eigenvalue weighted by Crippen LogP contribution is -2.47. The van der Waals surface area contributed by atoms with Crippen LogP contribution in [0.15, 0.2) is 29.3 Å². The smallest absolute Gasteiger partial charge is 0.230 e. The normalized spacial score (nSPS) is 20.7. The molecule has 0 aromatic heterocycles. The maximum atomic E-state index is 12.0. The molecule has 0 N–H and O–H groups in total. The minimum atomic E-state index is -1.24. The summed E-state index contributed by atoms with van der Waals surface area (Å²) in [5.74, 6) is -0.796. The Morgan fingerprint density at radius 1 is 1.48 bits per heavy atom. The van der Waals surface area contributed by atoms with E-state index in [-0.39, 0.29) is 12.3 Å². The third kappa shape index (κ3) is 3.55. The van der Waals surface area contributed by atoms with Gasteiger partial charge in [0.25, 0.3) is 0 Å². The van der Waals surface area contributed by atoms with Crippen molar-refractivity contribution < 1.29 is 19.4 Å². The van der Waals surface area contributed by atoms with E-state index in [9.17, 15) is 14.7 Å². The number of ether oxygens (including phenoxy) is 1. The first-order valence-corrected chi connectivity index (χ1v) is 7.33. The second-order valence-electron chi connectivity index (χ2n) is 4.36. The van der Waals surface area contributed by atoms with E-state index in [4.69, 9.17) is 4.74 Å². The van der Waals surface area contributed by atoms with Gasteiger partial charge in [-0.25, -0.2) is 4.99 Å². The molecule has 1 saturated heterocycles. The second-order valence-corrected chi connectivity index (χ2v) is 5.53. The van der Waals surface area contributed by atoms with Crippen LogP contribution < -0.4 is 9.84 Å². The van der Waals surface area contributed by atoms with Crippen LogP contribution in [0.25, 0.3) is 0 Å². The van der Waals surface area contributed by atoms with Crippen LogP contribution in [-0.4, -0.2) is 40.8 Å². The van der Waals surface area contributed by atoms with E-state index >= 15 is 0 Å². The van der Waals surface area contributed by atoms with Gasteiger partial charge < -0.3 is 14.6 Å². The number of rotatable bonds is 4. The van der Waals surface area contributed by atoms with E-state index in [0.29, 0.717) is 23.1 Å². The Bertz CT molecular complexity index is 571. The fourth-order valence-electron chi connectivity index (χ4n) is 1.90. The van der Waals surface area contributed by atoms with Crippen molar-refractivity contribution in [3.05, 3.63) is 24.3 Å². The Morgan fingerprint density at radius 3 is 2.67 bits per heavy atom. The fourth-order valence-corrected chi connectivity index (χ4v) is 3.00. The number of carboxylic acid groups (broad SMARTS) is 1. The number of thioether (sulfide) groups is 1. The van der Waals surface area contributed by atoms with Crippen LogP contribution in [-0.2, 0) is 9.59 Å². The van der Waals surface area contributed by atoms with Crippen LogP contribution in [0.4, 0.5) is 5.69 Å². The Labute approximate surface area is 126 Å². The fraction of sp³-hybridized carbons (Fsp3) is 0.357. The van der Waals surface area contributed by atoms with Gasteiger partial charge >= 0.3 is 0 Å². The molecule has 7 heteroatoms. The summed E-state index contributed by atoms with van der Waals surface area (Å²) in [4.78, 5) is 28.8. The molecule has 1 aliphatic rings.